The van der Waals surface area contributed by atoms with Gasteiger partial charge in [-0.3, -0.25) is 4.79 Å². The lowest BCUT2D eigenvalue weighted by Gasteiger charge is -2.13. The summed E-state index contributed by atoms with van der Waals surface area (Å²) in [5.74, 6) is -2.33. The van der Waals surface area contributed by atoms with Gasteiger partial charge in [0.05, 0.1) is 17.7 Å². The van der Waals surface area contributed by atoms with E-state index in [2.05, 4.69) is 11.9 Å². The third-order valence-electron chi connectivity index (χ3n) is 3.20. The maximum atomic E-state index is 12.9. The van der Waals surface area contributed by atoms with Gasteiger partial charge in [0.15, 0.2) is 0 Å². The number of carboxylic acids is 1. The molecule has 2 N–H and O–H groups in total. The molecule has 2 aromatic rings. The van der Waals surface area contributed by atoms with Crippen molar-refractivity contribution in [1.29, 1.82) is 0 Å². The van der Waals surface area contributed by atoms with E-state index in [0.29, 0.717) is 6.07 Å². The number of nitrogens with one attached hydrogen (secondary N) is 1. The molecule has 0 saturated heterocycles. The number of carbonyl (C=O) groups excluding carboxylic acids is 1. The molecule has 1 heterocycles. The lowest BCUT2D eigenvalue weighted by molar-refractivity contribution is -0.137. The highest BCUT2D eigenvalue weighted by Crippen LogP contribution is 2.32. The molecule has 0 atom stereocenters. The van der Waals surface area contributed by atoms with Crippen molar-refractivity contribution in [3.8, 4) is 5.75 Å². The second-order valence-electron chi connectivity index (χ2n) is 5.06. The summed E-state index contributed by atoms with van der Waals surface area (Å²) in [6.45, 7) is 3.23. The first-order valence-corrected chi connectivity index (χ1v) is 7.27. The molecule has 0 bridgehead atoms. The number of halogens is 3. The summed E-state index contributed by atoms with van der Waals surface area (Å²) in [5.41, 5.74) is -1.31. The second-order valence-corrected chi connectivity index (χ2v) is 5.06. The minimum Gasteiger partial charge on any atom is -0.489 e. The predicted molar refractivity (Wildman–Crippen MR) is 84.0 cm³/mol. The highest BCUT2D eigenvalue weighted by molar-refractivity contribution is 5.97. The van der Waals surface area contributed by atoms with E-state index < -0.39 is 23.6 Å². The van der Waals surface area contributed by atoms with Gasteiger partial charge in [-0.25, -0.2) is 4.79 Å². The Hall–Kier alpha value is -3.23. The molecule has 2 rings (SSSR count). The first-order valence-electron chi connectivity index (χ1n) is 7.27. The molecule has 0 aliphatic rings. The average Bonchev–Trinajstić information content (AvgIpc) is 3.06. The topological polar surface area (TPSA) is 88.8 Å². The maximum Gasteiger partial charge on any atom is 0.416 e. The van der Waals surface area contributed by atoms with Crippen LogP contribution in [0.15, 0.2) is 47.4 Å². The Morgan fingerprint density at radius 3 is 2.58 bits per heavy atom. The van der Waals surface area contributed by atoms with Crippen LogP contribution in [0.25, 0.3) is 0 Å². The Morgan fingerprint density at radius 2 is 2.00 bits per heavy atom. The normalized spacial score (nSPS) is 11.0. The molecule has 0 radical (unpaired) electrons. The van der Waals surface area contributed by atoms with Crippen molar-refractivity contribution >= 4 is 11.9 Å². The van der Waals surface area contributed by atoms with Crippen LogP contribution in [0.5, 0.6) is 5.75 Å². The number of aromatic carboxylic acids is 1. The number of carboxylic acid groups (broad SMARTS) is 1. The van der Waals surface area contributed by atoms with Gasteiger partial charge in [0.25, 0.3) is 5.91 Å². The van der Waals surface area contributed by atoms with Crippen LogP contribution in [0, 0.1) is 0 Å². The Labute approximate surface area is 145 Å². The number of ether oxygens (including phenoxy) is 1. The van der Waals surface area contributed by atoms with Gasteiger partial charge in [-0.2, -0.15) is 13.2 Å². The van der Waals surface area contributed by atoms with Crippen LogP contribution in [0.2, 0.25) is 0 Å². The highest BCUT2D eigenvalue weighted by Gasteiger charge is 2.32. The number of rotatable bonds is 7. The molecule has 0 aliphatic carbocycles. The van der Waals surface area contributed by atoms with Crippen molar-refractivity contribution in [1.82, 2.24) is 5.32 Å². The van der Waals surface area contributed by atoms with Gasteiger partial charge < -0.3 is 19.6 Å². The van der Waals surface area contributed by atoms with Crippen LogP contribution in [-0.4, -0.2) is 23.6 Å². The van der Waals surface area contributed by atoms with Gasteiger partial charge in [-0.15, -0.1) is 0 Å². The van der Waals surface area contributed by atoms with Gasteiger partial charge in [-0.05, 0) is 30.3 Å². The SMILES string of the molecule is C=CCOc1ccc(C(F)(F)F)cc1C(=O)NCc1ccc(C(=O)O)o1. The molecule has 1 aromatic carbocycles. The summed E-state index contributed by atoms with van der Waals surface area (Å²) < 4.78 is 48.8. The van der Waals surface area contributed by atoms with Crippen LogP contribution in [0.1, 0.15) is 32.2 Å². The van der Waals surface area contributed by atoms with Crippen molar-refractivity contribution in [3.05, 3.63) is 65.6 Å². The molecule has 1 aromatic heterocycles. The number of alkyl halides is 3. The molecule has 138 valence electrons. The summed E-state index contributed by atoms with van der Waals surface area (Å²) in [6, 6.07) is 5.08. The quantitative estimate of drug-likeness (QED) is 0.730. The first kappa shape index (κ1) is 19.1. The van der Waals surface area contributed by atoms with Gasteiger partial charge in [0.2, 0.25) is 5.76 Å². The van der Waals surface area contributed by atoms with E-state index in [1.54, 1.807) is 0 Å². The number of benzene rings is 1. The molecular formula is C17H14F3NO5. The summed E-state index contributed by atoms with van der Waals surface area (Å²) in [7, 11) is 0. The fourth-order valence-corrected chi connectivity index (χ4v) is 2.01. The maximum absolute atomic E-state index is 12.9. The van der Waals surface area contributed by atoms with Crippen molar-refractivity contribution in [2.45, 2.75) is 12.7 Å². The molecule has 0 spiro atoms. The van der Waals surface area contributed by atoms with E-state index >= 15 is 0 Å². The molecule has 0 aliphatic heterocycles. The van der Waals surface area contributed by atoms with Crippen LogP contribution in [0.3, 0.4) is 0 Å². The molecule has 0 unspecified atom stereocenters. The second kappa shape index (κ2) is 7.77. The molecule has 6 nitrogen and oxygen atoms in total. The van der Waals surface area contributed by atoms with Crippen LogP contribution in [-0.2, 0) is 12.7 Å². The summed E-state index contributed by atoms with van der Waals surface area (Å²) in [5, 5.41) is 11.1. The lowest BCUT2D eigenvalue weighted by atomic mass is 10.1. The smallest absolute Gasteiger partial charge is 0.416 e. The van der Waals surface area contributed by atoms with Gasteiger partial charge in [0.1, 0.15) is 18.1 Å². The number of amides is 1. The molecular weight excluding hydrogens is 355 g/mol. The molecule has 1 amide bonds. The van der Waals surface area contributed by atoms with Crippen LogP contribution >= 0.6 is 0 Å². The molecule has 0 saturated carbocycles. The Morgan fingerprint density at radius 1 is 1.27 bits per heavy atom. The van der Waals surface area contributed by atoms with Gasteiger partial charge in [0, 0.05) is 0 Å². The van der Waals surface area contributed by atoms with Crippen molar-refractivity contribution in [2.24, 2.45) is 0 Å². The van der Waals surface area contributed by atoms with Gasteiger partial charge in [-0.1, -0.05) is 12.7 Å². The summed E-state index contributed by atoms with van der Waals surface area (Å²) in [6.07, 6.45) is -3.24. The standard InChI is InChI=1S/C17H14F3NO5/c1-2-7-25-13-5-3-10(17(18,19)20)8-12(13)15(22)21-9-11-4-6-14(26-11)16(23)24/h2-6,8H,1,7,9H2,(H,21,22)(H,23,24). The molecule has 0 fully saturated rings. The zero-order valence-electron chi connectivity index (χ0n) is 13.3. The lowest BCUT2D eigenvalue weighted by Crippen LogP contribution is -2.24. The monoisotopic (exact) mass is 369 g/mol. The van der Waals surface area contributed by atoms with Crippen molar-refractivity contribution in [3.63, 3.8) is 0 Å². The third kappa shape index (κ3) is 4.65. The zero-order chi connectivity index (χ0) is 19.3. The Bertz CT molecular complexity index is 826. The predicted octanol–water partition coefficient (Wildman–Crippen LogP) is 3.49. The van der Waals surface area contributed by atoms with E-state index in [9.17, 15) is 22.8 Å². The van der Waals surface area contributed by atoms with Crippen LogP contribution < -0.4 is 10.1 Å². The van der Waals surface area contributed by atoms with Crippen molar-refractivity contribution in [2.75, 3.05) is 6.61 Å². The van der Waals surface area contributed by atoms with Crippen LogP contribution in [0.4, 0.5) is 13.2 Å². The molecule has 26 heavy (non-hydrogen) atoms. The summed E-state index contributed by atoms with van der Waals surface area (Å²) >= 11 is 0. The number of furan rings is 1. The minimum absolute atomic E-state index is 0.00575. The third-order valence-corrected chi connectivity index (χ3v) is 3.20. The summed E-state index contributed by atoms with van der Waals surface area (Å²) in [4.78, 5) is 23.0. The average molecular weight is 369 g/mol. The Balaban J connectivity index is 2.20. The number of hydrogen-bond acceptors (Lipinski definition) is 4. The Kier molecular flexibility index (Phi) is 5.71. The zero-order valence-corrected chi connectivity index (χ0v) is 13.3. The highest BCUT2D eigenvalue weighted by atomic mass is 19.4. The van der Waals surface area contributed by atoms with E-state index in [4.69, 9.17) is 14.3 Å². The molecule has 9 heteroatoms. The van der Waals surface area contributed by atoms with E-state index in [0.717, 1.165) is 12.1 Å². The fourth-order valence-electron chi connectivity index (χ4n) is 2.01. The fraction of sp³-hybridized carbons (Fsp3) is 0.176. The number of carbonyl (C=O) groups is 2. The van der Waals surface area contributed by atoms with Crippen molar-refractivity contribution < 1.29 is 37.0 Å². The van der Waals surface area contributed by atoms with E-state index in [1.165, 1.54) is 18.2 Å². The minimum atomic E-state index is -4.62. The van der Waals surface area contributed by atoms with E-state index in [-0.39, 0.29) is 36.0 Å². The van der Waals surface area contributed by atoms with Gasteiger partial charge >= 0.3 is 12.1 Å². The largest absolute Gasteiger partial charge is 0.489 e. The first-order chi connectivity index (χ1) is 12.2. The van der Waals surface area contributed by atoms with E-state index in [1.807, 2.05) is 0 Å². The number of hydrogen-bond donors (Lipinski definition) is 2.